The molecule has 0 bridgehead atoms. The summed E-state index contributed by atoms with van der Waals surface area (Å²) < 4.78 is 5.75. The molecule has 0 unspecified atom stereocenters. The number of hydrogen-bond donors (Lipinski definition) is 1. The fourth-order valence-electron chi connectivity index (χ4n) is 1.75. The summed E-state index contributed by atoms with van der Waals surface area (Å²) >= 11 is 0. The molecule has 1 heterocycles. The van der Waals surface area contributed by atoms with E-state index in [1.54, 1.807) is 7.05 Å². The molecule has 0 aliphatic carbocycles. The Hall–Kier alpha value is -0.770. The van der Waals surface area contributed by atoms with Gasteiger partial charge < -0.3 is 15.4 Å². The summed E-state index contributed by atoms with van der Waals surface area (Å²) in [7, 11) is 1.73. The molecular formula is C10H21N3O. The van der Waals surface area contributed by atoms with Crippen LogP contribution in [0.3, 0.4) is 0 Å². The molecule has 1 saturated heterocycles. The monoisotopic (exact) mass is 199 g/mol. The highest BCUT2D eigenvalue weighted by molar-refractivity contribution is 5.77. The second-order valence-corrected chi connectivity index (χ2v) is 3.95. The van der Waals surface area contributed by atoms with E-state index in [1.807, 2.05) is 0 Å². The summed E-state index contributed by atoms with van der Waals surface area (Å²) in [5.41, 5.74) is 5.73. The number of rotatable bonds is 2. The molecule has 0 atom stereocenters. The number of guanidine groups is 1. The molecule has 1 aliphatic heterocycles. The molecule has 1 fully saturated rings. The summed E-state index contributed by atoms with van der Waals surface area (Å²) in [5.74, 6) is 0.646. The third-order valence-electron chi connectivity index (χ3n) is 2.46. The van der Waals surface area contributed by atoms with Crippen molar-refractivity contribution in [1.29, 1.82) is 0 Å². The van der Waals surface area contributed by atoms with Crippen molar-refractivity contribution in [1.82, 2.24) is 4.90 Å². The van der Waals surface area contributed by atoms with E-state index in [9.17, 15) is 0 Å². The fourth-order valence-corrected chi connectivity index (χ4v) is 1.75. The number of nitrogens with zero attached hydrogens (tertiary/aromatic N) is 2. The van der Waals surface area contributed by atoms with E-state index in [0.717, 1.165) is 25.9 Å². The fraction of sp³-hybridized carbons (Fsp3) is 0.900. The van der Waals surface area contributed by atoms with Gasteiger partial charge in [0.15, 0.2) is 5.96 Å². The number of hydrogen-bond acceptors (Lipinski definition) is 2. The number of piperidine rings is 1. The molecule has 0 aromatic heterocycles. The smallest absolute Gasteiger partial charge is 0.190 e. The molecular weight excluding hydrogens is 178 g/mol. The van der Waals surface area contributed by atoms with E-state index in [4.69, 9.17) is 10.5 Å². The van der Waals surface area contributed by atoms with E-state index >= 15 is 0 Å². The zero-order valence-electron chi connectivity index (χ0n) is 9.36. The van der Waals surface area contributed by atoms with Gasteiger partial charge in [-0.15, -0.1) is 0 Å². The molecule has 1 aliphatic rings. The van der Waals surface area contributed by atoms with Crippen LogP contribution in [0.4, 0.5) is 0 Å². The highest BCUT2D eigenvalue weighted by Crippen LogP contribution is 2.14. The van der Waals surface area contributed by atoms with Crippen molar-refractivity contribution in [3.05, 3.63) is 0 Å². The Morgan fingerprint density at radius 2 is 2.00 bits per heavy atom. The van der Waals surface area contributed by atoms with E-state index < -0.39 is 0 Å². The van der Waals surface area contributed by atoms with Gasteiger partial charge in [-0.3, -0.25) is 4.99 Å². The average Bonchev–Trinajstić information content (AvgIpc) is 2.17. The minimum atomic E-state index is 0.323. The SMILES string of the molecule is CN=C(N)N1CCC(OC(C)C)CC1. The molecule has 14 heavy (non-hydrogen) atoms. The molecule has 0 saturated carbocycles. The molecule has 82 valence electrons. The van der Waals surface area contributed by atoms with E-state index in [1.165, 1.54) is 0 Å². The summed E-state index contributed by atoms with van der Waals surface area (Å²) in [6.45, 7) is 6.07. The number of nitrogens with two attached hydrogens (primary N) is 1. The first-order valence-corrected chi connectivity index (χ1v) is 5.26. The minimum absolute atomic E-state index is 0.323. The Bertz CT molecular complexity index is 196. The molecule has 0 aromatic carbocycles. The largest absolute Gasteiger partial charge is 0.375 e. The summed E-state index contributed by atoms with van der Waals surface area (Å²) in [4.78, 5) is 6.09. The second kappa shape index (κ2) is 5.20. The lowest BCUT2D eigenvalue weighted by Gasteiger charge is -2.33. The molecule has 2 N–H and O–H groups in total. The van der Waals surface area contributed by atoms with Crippen LogP contribution in [0.15, 0.2) is 4.99 Å². The van der Waals surface area contributed by atoms with Crippen LogP contribution in [-0.4, -0.2) is 43.2 Å². The number of likely N-dealkylation sites (tertiary alicyclic amines) is 1. The summed E-state index contributed by atoms with van der Waals surface area (Å²) in [6.07, 6.45) is 2.82. The Morgan fingerprint density at radius 1 is 1.43 bits per heavy atom. The van der Waals surface area contributed by atoms with Gasteiger partial charge in [-0.1, -0.05) is 0 Å². The molecule has 0 spiro atoms. The van der Waals surface area contributed by atoms with Crippen LogP contribution in [0.5, 0.6) is 0 Å². The lowest BCUT2D eigenvalue weighted by atomic mass is 10.1. The van der Waals surface area contributed by atoms with Crippen molar-refractivity contribution >= 4 is 5.96 Å². The maximum Gasteiger partial charge on any atom is 0.190 e. The second-order valence-electron chi connectivity index (χ2n) is 3.95. The van der Waals surface area contributed by atoms with Crippen LogP contribution in [0.1, 0.15) is 26.7 Å². The van der Waals surface area contributed by atoms with Gasteiger partial charge in [0.05, 0.1) is 12.2 Å². The molecule has 0 amide bonds. The first-order chi connectivity index (χ1) is 6.63. The lowest BCUT2D eigenvalue weighted by molar-refractivity contribution is -0.0184. The predicted octanol–water partition coefficient (Wildman–Crippen LogP) is 0.820. The first-order valence-electron chi connectivity index (χ1n) is 5.26. The third-order valence-corrected chi connectivity index (χ3v) is 2.46. The summed E-state index contributed by atoms with van der Waals surface area (Å²) in [5, 5.41) is 0. The highest BCUT2D eigenvalue weighted by atomic mass is 16.5. The lowest BCUT2D eigenvalue weighted by Crippen LogP contribution is -2.44. The number of ether oxygens (including phenoxy) is 1. The van der Waals surface area contributed by atoms with Gasteiger partial charge >= 0.3 is 0 Å². The van der Waals surface area contributed by atoms with Crippen molar-refractivity contribution in [2.75, 3.05) is 20.1 Å². The van der Waals surface area contributed by atoms with Gasteiger partial charge in [-0.05, 0) is 26.7 Å². The minimum Gasteiger partial charge on any atom is -0.375 e. The maximum atomic E-state index is 5.75. The summed E-state index contributed by atoms with van der Waals surface area (Å²) in [6, 6.07) is 0. The number of aliphatic imine (C=N–C) groups is 1. The van der Waals surface area contributed by atoms with E-state index in [2.05, 4.69) is 23.7 Å². The zero-order valence-corrected chi connectivity index (χ0v) is 9.36. The van der Waals surface area contributed by atoms with Gasteiger partial charge in [0.2, 0.25) is 0 Å². The van der Waals surface area contributed by atoms with E-state index in [0.29, 0.717) is 18.2 Å². The zero-order chi connectivity index (χ0) is 10.6. The van der Waals surface area contributed by atoms with Crippen molar-refractivity contribution in [2.45, 2.75) is 38.9 Å². The molecule has 0 aromatic rings. The van der Waals surface area contributed by atoms with Crippen molar-refractivity contribution in [2.24, 2.45) is 10.7 Å². The molecule has 4 nitrogen and oxygen atoms in total. The van der Waals surface area contributed by atoms with Gasteiger partial charge in [0.25, 0.3) is 0 Å². The van der Waals surface area contributed by atoms with Gasteiger partial charge in [-0.25, -0.2) is 0 Å². The van der Waals surface area contributed by atoms with Crippen LogP contribution >= 0.6 is 0 Å². The predicted molar refractivity (Wildman–Crippen MR) is 58.4 cm³/mol. The quantitative estimate of drug-likeness (QED) is 0.529. The molecule has 0 radical (unpaired) electrons. The third kappa shape index (κ3) is 3.18. The van der Waals surface area contributed by atoms with Crippen molar-refractivity contribution in [3.8, 4) is 0 Å². The van der Waals surface area contributed by atoms with Crippen LogP contribution in [-0.2, 0) is 4.74 Å². The van der Waals surface area contributed by atoms with Crippen LogP contribution in [0.2, 0.25) is 0 Å². The van der Waals surface area contributed by atoms with E-state index in [-0.39, 0.29) is 0 Å². The topological polar surface area (TPSA) is 50.8 Å². The molecule has 4 heteroatoms. The van der Waals surface area contributed by atoms with Gasteiger partial charge in [0.1, 0.15) is 0 Å². The maximum absolute atomic E-state index is 5.75. The van der Waals surface area contributed by atoms with Crippen molar-refractivity contribution < 1.29 is 4.74 Å². The Labute approximate surface area is 86.1 Å². The standard InChI is InChI=1S/C10H21N3O/c1-8(2)14-9-4-6-13(7-5-9)10(11)12-3/h8-9H,4-7H2,1-3H3,(H2,11,12). The Kier molecular flexibility index (Phi) is 4.20. The Balaban J connectivity index is 2.31. The van der Waals surface area contributed by atoms with Crippen LogP contribution < -0.4 is 5.73 Å². The van der Waals surface area contributed by atoms with Gasteiger partial charge in [0, 0.05) is 20.1 Å². The first kappa shape index (κ1) is 11.3. The Morgan fingerprint density at radius 3 is 2.43 bits per heavy atom. The van der Waals surface area contributed by atoms with Crippen LogP contribution in [0, 0.1) is 0 Å². The highest BCUT2D eigenvalue weighted by Gasteiger charge is 2.21. The average molecular weight is 199 g/mol. The normalized spacial score (nSPS) is 20.6. The van der Waals surface area contributed by atoms with Gasteiger partial charge in [-0.2, -0.15) is 0 Å². The molecule has 1 rings (SSSR count). The van der Waals surface area contributed by atoms with Crippen molar-refractivity contribution in [3.63, 3.8) is 0 Å². The van der Waals surface area contributed by atoms with Crippen LogP contribution in [0.25, 0.3) is 0 Å².